The van der Waals surface area contributed by atoms with E-state index in [0.717, 1.165) is 12.8 Å². The third kappa shape index (κ3) is 4.67. The van der Waals surface area contributed by atoms with Crippen LogP contribution in [0.1, 0.15) is 44.1 Å². The van der Waals surface area contributed by atoms with E-state index in [4.69, 9.17) is 0 Å². The lowest BCUT2D eigenvalue weighted by Gasteiger charge is -2.35. The summed E-state index contributed by atoms with van der Waals surface area (Å²) in [7, 11) is 0. The quantitative estimate of drug-likeness (QED) is 0.608. The van der Waals surface area contributed by atoms with Crippen molar-refractivity contribution in [2.75, 3.05) is 13.1 Å². The number of aliphatic hydroxyl groups is 1. The first-order valence-corrected chi connectivity index (χ1v) is 11.1. The Morgan fingerprint density at radius 1 is 1.06 bits per heavy atom. The number of carbonyl (C=O) groups excluding carboxylic acids is 3. The van der Waals surface area contributed by atoms with Gasteiger partial charge in [-0.2, -0.15) is 0 Å². The molecular formula is C25H29N3O4. The molecule has 0 saturated carbocycles. The third-order valence-corrected chi connectivity index (χ3v) is 6.45. The Morgan fingerprint density at radius 3 is 2.25 bits per heavy atom. The number of aliphatic hydroxyl groups excluding tert-OH is 1. The van der Waals surface area contributed by atoms with Crippen molar-refractivity contribution < 1.29 is 19.5 Å². The number of imide groups is 1. The summed E-state index contributed by atoms with van der Waals surface area (Å²) < 4.78 is 0. The highest BCUT2D eigenvalue weighted by Gasteiger charge is 2.49. The molecule has 0 bridgehead atoms. The Morgan fingerprint density at radius 2 is 1.69 bits per heavy atom. The highest BCUT2D eigenvalue weighted by molar-refractivity contribution is 6.08. The van der Waals surface area contributed by atoms with Crippen molar-refractivity contribution in [1.29, 1.82) is 0 Å². The number of nitrogens with one attached hydrogen (secondary N) is 2. The number of rotatable bonds is 6. The fourth-order valence-corrected chi connectivity index (χ4v) is 4.78. The highest BCUT2D eigenvalue weighted by Crippen LogP contribution is 2.31. The highest BCUT2D eigenvalue weighted by atomic mass is 16.3. The van der Waals surface area contributed by atoms with Crippen LogP contribution >= 0.6 is 0 Å². The molecule has 2 aliphatic rings. The van der Waals surface area contributed by atoms with Gasteiger partial charge in [-0.15, -0.1) is 0 Å². The van der Waals surface area contributed by atoms with Crippen molar-refractivity contribution in [2.45, 2.75) is 50.2 Å². The maximum atomic E-state index is 13.0. The molecule has 0 aliphatic carbocycles. The van der Waals surface area contributed by atoms with Gasteiger partial charge in [0.05, 0.1) is 12.5 Å². The first-order valence-electron chi connectivity index (χ1n) is 11.1. The first kappa shape index (κ1) is 22.0. The Bertz CT molecular complexity index is 982. The van der Waals surface area contributed by atoms with Gasteiger partial charge in [0.1, 0.15) is 5.54 Å². The molecule has 2 saturated heterocycles. The lowest BCUT2D eigenvalue weighted by Crippen LogP contribution is -2.53. The van der Waals surface area contributed by atoms with Gasteiger partial charge in [-0.3, -0.25) is 14.9 Å². The average Bonchev–Trinajstić information content (AvgIpc) is 3.06. The van der Waals surface area contributed by atoms with Crippen molar-refractivity contribution >= 4 is 17.8 Å². The summed E-state index contributed by atoms with van der Waals surface area (Å²) in [6.07, 6.45) is 0.722. The maximum absolute atomic E-state index is 13.0. The second kappa shape index (κ2) is 9.12. The zero-order valence-electron chi connectivity index (χ0n) is 18.2. The smallest absolute Gasteiger partial charge is 0.322 e. The molecule has 168 valence electrons. The fourth-order valence-electron chi connectivity index (χ4n) is 4.78. The number of piperidine rings is 1. The molecule has 2 aliphatic heterocycles. The molecule has 3 N–H and O–H groups in total. The van der Waals surface area contributed by atoms with Gasteiger partial charge in [0, 0.05) is 19.5 Å². The molecular weight excluding hydrogens is 406 g/mol. The van der Waals surface area contributed by atoms with Crippen molar-refractivity contribution in [3.8, 4) is 11.1 Å². The standard InChI is InChI=1S/C25H29N3O4/c1-17(29)15-25(23(31)26-24(32)27-25)16-22(30)28-13-11-21(12-14-28)20-9-7-19(8-10-20)18-5-3-2-4-6-18/h2-10,17,21,29H,11-16H2,1H3,(H2,26,27,31,32). The van der Waals surface area contributed by atoms with Gasteiger partial charge in [-0.25, -0.2) is 4.79 Å². The summed E-state index contributed by atoms with van der Waals surface area (Å²) in [6, 6.07) is 18.2. The second-order valence-electron chi connectivity index (χ2n) is 8.86. The Kier molecular flexibility index (Phi) is 6.28. The molecule has 2 fully saturated rings. The Labute approximate surface area is 187 Å². The molecule has 32 heavy (non-hydrogen) atoms. The number of urea groups is 1. The summed E-state index contributed by atoms with van der Waals surface area (Å²) >= 11 is 0. The number of likely N-dealkylation sites (tertiary alicyclic amines) is 1. The van der Waals surface area contributed by atoms with Crippen LogP contribution in [0.3, 0.4) is 0 Å². The van der Waals surface area contributed by atoms with E-state index in [1.807, 2.05) is 18.2 Å². The lowest BCUT2D eigenvalue weighted by molar-refractivity contribution is -0.138. The molecule has 0 spiro atoms. The third-order valence-electron chi connectivity index (χ3n) is 6.45. The van der Waals surface area contributed by atoms with Crippen LogP contribution in [0, 0.1) is 0 Å². The largest absolute Gasteiger partial charge is 0.393 e. The van der Waals surface area contributed by atoms with Crippen molar-refractivity contribution in [2.24, 2.45) is 0 Å². The monoisotopic (exact) mass is 435 g/mol. The molecule has 0 radical (unpaired) electrons. The molecule has 4 amide bonds. The SMILES string of the molecule is CC(O)CC1(CC(=O)N2CCC(c3ccc(-c4ccccc4)cc3)CC2)NC(=O)NC1=O. The fraction of sp³-hybridized carbons (Fsp3) is 0.400. The van der Waals surface area contributed by atoms with Gasteiger partial charge in [-0.1, -0.05) is 54.6 Å². The van der Waals surface area contributed by atoms with E-state index in [1.165, 1.54) is 16.7 Å². The predicted octanol–water partition coefficient (Wildman–Crippen LogP) is 2.80. The summed E-state index contributed by atoms with van der Waals surface area (Å²) in [4.78, 5) is 38.7. The normalized spacial score (nSPS) is 22.4. The molecule has 0 aromatic heterocycles. The lowest BCUT2D eigenvalue weighted by atomic mass is 9.86. The minimum Gasteiger partial charge on any atom is -0.393 e. The van der Waals surface area contributed by atoms with E-state index in [1.54, 1.807) is 11.8 Å². The van der Waals surface area contributed by atoms with Gasteiger partial charge in [0.25, 0.3) is 5.91 Å². The second-order valence-corrected chi connectivity index (χ2v) is 8.86. The summed E-state index contributed by atoms with van der Waals surface area (Å²) in [5, 5.41) is 14.6. The van der Waals surface area contributed by atoms with Crippen LogP contribution in [0.25, 0.3) is 11.1 Å². The predicted molar refractivity (Wildman–Crippen MR) is 121 cm³/mol. The van der Waals surface area contributed by atoms with Crippen molar-refractivity contribution in [3.05, 3.63) is 60.2 Å². The summed E-state index contributed by atoms with van der Waals surface area (Å²) in [5.74, 6) is -0.351. The topological polar surface area (TPSA) is 98.7 Å². The van der Waals surface area contributed by atoms with Crippen LogP contribution in [-0.4, -0.2) is 52.6 Å². The molecule has 2 unspecified atom stereocenters. The Hall–Kier alpha value is -3.19. The number of amides is 4. The van der Waals surface area contributed by atoms with Crippen LogP contribution < -0.4 is 10.6 Å². The molecule has 7 nitrogen and oxygen atoms in total. The zero-order valence-corrected chi connectivity index (χ0v) is 18.2. The molecule has 2 heterocycles. The van der Waals surface area contributed by atoms with Gasteiger partial charge in [-0.05, 0) is 42.4 Å². The Balaban J connectivity index is 1.36. The number of benzene rings is 2. The van der Waals surface area contributed by atoms with E-state index in [2.05, 4.69) is 47.0 Å². The van der Waals surface area contributed by atoms with Gasteiger partial charge < -0.3 is 15.3 Å². The van der Waals surface area contributed by atoms with Crippen molar-refractivity contribution in [1.82, 2.24) is 15.5 Å². The minimum atomic E-state index is -1.38. The number of hydrogen-bond acceptors (Lipinski definition) is 4. The van der Waals surface area contributed by atoms with E-state index >= 15 is 0 Å². The first-order chi connectivity index (χ1) is 15.4. The van der Waals surface area contributed by atoms with Crippen LogP contribution in [0.5, 0.6) is 0 Å². The number of carbonyl (C=O) groups is 3. The average molecular weight is 436 g/mol. The van der Waals surface area contributed by atoms with E-state index in [-0.39, 0.29) is 18.7 Å². The summed E-state index contributed by atoms with van der Waals surface area (Å²) in [5.41, 5.74) is 2.26. The minimum absolute atomic E-state index is 0.000537. The molecule has 2 aromatic rings. The van der Waals surface area contributed by atoms with Crippen molar-refractivity contribution in [3.63, 3.8) is 0 Å². The van der Waals surface area contributed by atoms with Crippen LogP contribution in [0.15, 0.2) is 54.6 Å². The molecule has 2 atom stereocenters. The van der Waals surface area contributed by atoms with Gasteiger partial charge >= 0.3 is 6.03 Å². The molecule has 2 aromatic carbocycles. The van der Waals surface area contributed by atoms with Crippen LogP contribution in [0.2, 0.25) is 0 Å². The van der Waals surface area contributed by atoms with Crippen LogP contribution in [-0.2, 0) is 9.59 Å². The maximum Gasteiger partial charge on any atom is 0.322 e. The summed E-state index contributed by atoms with van der Waals surface area (Å²) in [6.45, 7) is 2.74. The van der Waals surface area contributed by atoms with E-state index in [0.29, 0.717) is 19.0 Å². The van der Waals surface area contributed by atoms with Gasteiger partial charge in [0.2, 0.25) is 5.91 Å². The molecule has 4 rings (SSSR count). The van der Waals surface area contributed by atoms with E-state index < -0.39 is 23.6 Å². The number of hydrogen-bond donors (Lipinski definition) is 3. The van der Waals surface area contributed by atoms with Gasteiger partial charge in [0.15, 0.2) is 0 Å². The van der Waals surface area contributed by atoms with Crippen LogP contribution in [0.4, 0.5) is 4.79 Å². The zero-order chi connectivity index (χ0) is 22.7. The van der Waals surface area contributed by atoms with E-state index in [9.17, 15) is 19.5 Å². The number of nitrogens with zero attached hydrogens (tertiary/aromatic N) is 1. The molecule has 7 heteroatoms.